The molecule has 0 amide bonds. The fraction of sp³-hybridized carbons (Fsp3) is 0.222. The zero-order valence-electron chi connectivity index (χ0n) is 7.98. The van der Waals surface area contributed by atoms with Crippen LogP contribution in [0.5, 0.6) is 0 Å². The first-order valence-corrected chi connectivity index (χ1v) is 4.23. The van der Waals surface area contributed by atoms with Crippen LogP contribution in [-0.4, -0.2) is 19.7 Å². The van der Waals surface area contributed by atoms with E-state index in [0.29, 0.717) is 5.82 Å². The monoisotopic (exact) mass is 190 g/mol. The highest BCUT2D eigenvalue weighted by atomic mass is 16.1. The molecule has 0 saturated heterocycles. The lowest BCUT2D eigenvalue weighted by atomic mass is 10.2. The maximum atomic E-state index is 11.1. The Hall–Kier alpha value is -1.91. The van der Waals surface area contributed by atoms with Crippen LogP contribution in [0.25, 0.3) is 11.4 Å². The van der Waals surface area contributed by atoms with Gasteiger partial charge in [0.05, 0.1) is 11.3 Å². The molecule has 2 aromatic rings. The smallest absolute Gasteiger partial charge is 0.251 e. The third-order valence-corrected chi connectivity index (χ3v) is 1.94. The Labute approximate surface area is 80.4 Å². The first kappa shape index (κ1) is 8.68. The molecule has 0 radical (unpaired) electrons. The summed E-state index contributed by atoms with van der Waals surface area (Å²) < 4.78 is 1.69. The van der Waals surface area contributed by atoms with E-state index in [0.717, 1.165) is 11.3 Å². The molecule has 0 saturated carbocycles. The van der Waals surface area contributed by atoms with Crippen molar-refractivity contribution in [3.05, 3.63) is 34.5 Å². The molecule has 5 nitrogen and oxygen atoms in total. The van der Waals surface area contributed by atoms with Crippen LogP contribution >= 0.6 is 0 Å². The average molecular weight is 190 g/mol. The second-order valence-corrected chi connectivity index (χ2v) is 3.08. The highest BCUT2D eigenvalue weighted by Crippen LogP contribution is 2.15. The molecule has 0 aliphatic rings. The number of aromatic amines is 1. The number of nitrogens with zero attached hydrogens (tertiary/aromatic N) is 3. The van der Waals surface area contributed by atoms with E-state index in [1.807, 2.05) is 20.2 Å². The Morgan fingerprint density at radius 1 is 1.50 bits per heavy atom. The van der Waals surface area contributed by atoms with Crippen molar-refractivity contribution in [1.82, 2.24) is 19.7 Å². The summed E-state index contributed by atoms with van der Waals surface area (Å²) in [5.74, 6) is 0.558. The van der Waals surface area contributed by atoms with Crippen LogP contribution in [0.3, 0.4) is 0 Å². The summed E-state index contributed by atoms with van der Waals surface area (Å²) in [6, 6.07) is 1.38. The summed E-state index contributed by atoms with van der Waals surface area (Å²) in [5, 5.41) is 4.17. The third kappa shape index (κ3) is 1.44. The van der Waals surface area contributed by atoms with Gasteiger partial charge in [-0.15, -0.1) is 0 Å². The molecule has 5 heteroatoms. The van der Waals surface area contributed by atoms with Gasteiger partial charge in [-0.3, -0.25) is 9.48 Å². The van der Waals surface area contributed by atoms with Crippen molar-refractivity contribution in [2.75, 3.05) is 0 Å². The van der Waals surface area contributed by atoms with Crippen LogP contribution in [0.1, 0.15) is 5.69 Å². The molecular weight excluding hydrogens is 180 g/mol. The minimum Gasteiger partial charge on any atom is -0.306 e. The SMILES string of the molecule is Cc1nn(C)cc1-c1nccc(=O)[nH]1. The predicted octanol–water partition coefficient (Wildman–Crippen LogP) is 0.479. The van der Waals surface area contributed by atoms with Crippen LogP contribution < -0.4 is 5.56 Å². The van der Waals surface area contributed by atoms with Crippen molar-refractivity contribution in [1.29, 1.82) is 0 Å². The van der Waals surface area contributed by atoms with Crippen LogP contribution in [0.15, 0.2) is 23.3 Å². The van der Waals surface area contributed by atoms with Crippen LogP contribution in [0, 0.1) is 6.92 Å². The second kappa shape index (κ2) is 3.10. The molecule has 2 heterocycles. The van der Waals surface area contributed by atoms with E-state index in [9.17, 15) is 4.79 Å². The Morgan fingerprint density at radius 3 is 2.86 bits per heavy atom. The minimum atomic E-state index is -0.154. The predicted molar refractivity (Wildman–Crippen MR) is 51.8 cm³/mol. The third-order valence-electron chi connectivity index (χ3n) is 1.94. The summed E-state index contributed by atoms with van der Waals surface area (Å²) in [4.78, 5) is 17.8. The molecular formula is C9H10N4O. The number of hydrogen-bond acceptors (Lipinski definition) is 3. The summed E-state index contributed by atoms with van der Waals surface area (Å²) in [7, 11) is 1.83. The Kier molecular flexibility index (Phi) is 1.92. The topological polar surface area (TPSA) is 63.6 Å². The standard InChI is InChI=1S/C9H10N4O/c1-6-7(5-13(2)12-6)9-10-4-3-8(14)11-9/h3-5H,1-2H3,(H,10,11,14). The lowest BCUT2D eigenvalue weighted by Crippen LogP contribution is -2.05. The van der Waals surface area contributed by atoms with E-state index >= 15 is 0 Å². The van der Waals surface area contributed by atoms with E-state index in [1.54, 1.807) is 4.68 Å². The highest BCUT2D eigenvalue weighted by Gasteiger charge is 2.07. The maximum absolute atomic E-state index is 11.1. The highest BCUT2D eigenvalue weighted by molar-refractivity contribution is 5.56. The fourth-order valence-electron chi connectivity index (χ4n) is 1.34. The zero-order valence-corrected chi connectivity index (χ0v) is 7.98. The van der Waals surface area contributed by atoms with Crippen molar-refractivity contribution >= 4 is 0 Å². The molecule has 0 aliphatic heterocycles. The normalized spacial score (nSPS) is 10.4. The van der Waals surface area contributed by atoms with E-state index in [4.69, 9.17) is 0 Å². The first-order chi connectivity index (χ1) is 6.66. The van der Waals surface area contributed by atoms with Gasteiger partial charge in [-0.25, -0.2) is 4.98 Å². The van der Waals surface area contributed by atoms with Crippen molar-refractivity contribution in [2.45, 2.75) is 6.92 Å². The number of aryl methyl sites for hydroxylation is 2. The summed E-state index contributed by atoms with van der Waals surface area (Å²) in [6.07, 6.45) is 3.31. The fourth-order valence-corrected chi connectivity index (χ4v) is 1.34. The van der Waals surface area contributed by atoms with Gasteiger partial charge in [0.25, 0.3) is 5.56 Å². The second-order valence-electron chi connectivity index (χ2n) is 3.08. The number of nitrogens with one attached hydrogen (secondary N) is 1. The lowest BCUT2D eigenvalue weighted by molar-refractivity contribution is 0.756. The zero-order chi connectivity index (χ0) is 10.1. The lowest BCUT2D eigenvalue weighted by Gasteiger charge is -1.95. The van der Waals surface area contributed by atoms with Crippen LogP contribution in [-0.2, 0) is 7.05 Å². The number of H-pyrrole nitrogens is 1. The molecule has 2 aromatic heterocycles. The first-order valence-electron chi connectivity index (χ1n) is 4.23. The van der Waals surface area contributed by atoms with Crippen molar-refractivity contribution in [3.8, 4) is 11.4 Å². The molecule has 2 rings (SSSR count). The van der Waals surface area contributed by atoms with Gasteiger partial charge in [0, 0.05) is 25.5 Å². The number of rotatable bonds is 1. The van der Waals surface area contributed by atoms with Crippen molar-refractivity contribution < 1.29 is 0 Å². The molecule has 0 unspecified atom stereocenters. The summed E-state index contributed by atoms with van der Waals surface area (Å²) >= 11 is 0. The molecule has 14 heavy (non-hydrogen) atoms. The van der Waals surface area contributed by atoms with E-state index in [1.165, 1.54) is 12.3 Å². The Balaban J connectivity index is 2.59. The van der Waals surface area contributed by atoms with Gasteiger partial charge < -0.3 is 4.98 Å². The molecule has 0 aliphatic carbocycles. The molecule has 1 N–H and O–H groups in total. The Morgan fingerprint density at radius 2 is 2.29 bits per heavy atom. The van der Waals surface area contributed by atoms with Gasteiger partial charge in [0.1, 0.15) is 5.82 Å². The van der Waals surface area contributed by atoms with Crippen molar-refractivity contribution in [3.63, 3.8) is 0 Å². The largest absolute Gasteiger partial charge is 0.306 e. The minimum absolute atomic E-state index is 0.154. The van der Waals surface area contributed by atoms with Gasteiger partial charge >= 0.3 is 0 Å². The van der Waals surface area contributed by atoms with Gasteiger partial charge in [0.15, 0.2) is 0 Å². The van der Waals surface area contributed by atoms with Gasteiger partial charge in [0.2, 0.25) is 0 Å². The van der Waals surface area contributed by atoms with E-state index < -0.39 is 0 Å². The number of hydrogen-bond donors (Lipinski definition) is 1. The Bertz CT molecular complexity index is 512. The van der Waals surface area contributed by atoms with Gasteiger partial charge in [-0.2, -0.15) is 5.10 Å². The summed E-state index contributed by atoms with van der Waals surface area (Å²) in [6.45, 7) is 1.88. The summed E-state index contributed by atoms with van der Waals surface area (Å²) in [5.41, 5.74) is 1.55. The van der Waals surface area contributed by atoms with E-state index in [-0.39, 0.29) is 5.56 Å². The molecule has 0 bridgehead atoms. The molecule has 0 atom stereocenters. The average Bonchev–Trinajstić information content (AvgIpc) is 2.45. The number of aromatic nitrogens is 4. The maximum Gasteiger partial charge on any atom is 0.251 e. The van der Waals surface area contributed by atoms with E-state index in [2.05, 4.69) is 15.1 Å². The van der Waals surface area contributed by atoms with Crippen molar-refractivity contribution in [2.24, 2.45) is 7.05 Å². The molecule has 72 valence electrons. The molecule has 0 fully saturated rings. The quantitative estimate of drug-likeness (QED) is 0.711. The molecule has 0 spiro atoms. The van der Waals surface area contributed by atoms with Crippen LogP contribution in [0.2, 0.25) is 0 Å². The van der Waals surface area contributed by atoms with Gasteiger partial charge in [-0.05, 0) is 6.92 Å². The van der Waals surface area contributed by atoms with Gasteiger partial charge in [-0.1, -0.05) is 0 Å². The van der Waals surface area contributed by atoms with Crippen LogP contribution in [0.4, 0.5) is 0 Å². The molecule has 0 aromatic carbocycles.